The molecular weight excluding hydrogens is 283 g/mol. The molecule has 0 radical (unpaired) electrons. The predicted molar refractivity (Wildman–Crippen MR) is 69.0 cm³/mol. The van der Waals surface area contributed by atoms with Gasteiger partial charge in [0.2, 0.25) is 0 Å². The molecule has 0 bridgehead atoms. The minimum absolute atomic E-state index is 0.134. The van der Waals surface area contributed by atoms with Gasteiger partial charge >= 0.3 is 0 Å². The second-order valence-electron chi connectivity index (χ2n) is 3.87. The molecule has 0 aliphatic rings. The maximum absolute atomic E-state index is 12.8. The normalized spacial score (nSPS) is 12.4. The SMILES string of the molecule is NC(Cc1ccc(F)cc1)c1cncc(Br)c1. The number of rotatable bonds is 3. The van der Waals surface area contributed by atoms with Crippen LogP contribution in [-0.2, 0) is 6.42 Å². The highest BCUT2D eigenvalue weighted by atomic mass is 79.9. The van der Waals surface area contributed by atoms with E-state index in [1.165, 1.54) is 12.1 Å². The third kappa shape index (κ3) is 3.35. The Kier molecular flexibility index (Phi) is 3.86. The number of nitrogens with two attached hydrogens (primary N) is 1. The van der Waals surface area contributed by atoms with Crippen LogP contribution in [0.25, 0.3) is 0 Å². The smallest absolute Gasteiger partial charge is 0.123 e. The van der Waals surface area contributed by atoms with Crippen molar-refractivity contribution in [2.75, 3.05) is 0 Å². The van der Waals surface area contributed by atoms with Crippen LogP contribution in [-0.4, -0.2) is 4.98 Å². The number of nitrogens with zero attached hydrogens (tertiary/aromatic N) is 1. The average molecular weight is 295 g/mol. The molecule has 1 unspecified atom stereocenters. The third-order valence-corrected chi connectivity index (χ3v) is 2.96. The van der Waals surface area contributed by atoms with Crippen LogP contribution in [0.3, 0.4) is 0 Å². The van der Waals surface area contributed by atoms with Gasteiger partial charge in [-0.25, -0.2) is 4.39 Å². The summed E-state index contributed by atoms with van der Waals surface area (Å²) in [6.45, 7) is 0. The molecule has 2 N–H and O–H groups in total. The molecule has 0 fully saturated rings. The highest BCUT2D eigenvalue weighted by Gasteiger charge is 2.08. The van der Waals surface area contributed by atoms with Crippen molar-refractivity contribution in [2.24, 2.45) is 5.73 Å². The number of benzene rings is 1. The van der Waals surface area contributed by atoms with Crippen molar-refractivity contribution in [1.29, 1.82) is 0 Å². The van der Waals surface area contributed by atoms with E-state index in [4.69, 9.17) is 5.73 Å². The topological polar surface area (TPSA) is 38.9 Å². The van der Waals surface area contributed by atoms with E-state index in [-0.39, 0.29) is 11.9 Å². The van der Waals surface area contributed by atoms with Crippen molar-refractivity contribution in [3.05, 3.63) is 64.1 Å². The first-order chi connectivity index (χ1) is 8.15. The maximum Gasteiger partial charge on any atom is 0.123 e. The van der Waals surface area contributed by atoms with Crippen molar-refractivity contribution < 1.29 is 4.39 Å². The lowest BCUT2D eigenvalue weighted by atomic mass is 10.0. The Balaban J connectivity index is 2.11. The molecule has 0 amide bonds. The zero-order valence-corrected chi connectivity index (χ0v) is 10.7. The van der Waals surface area contributed by atoms with E-state index in [1.807, 2.05) is 6.07 Å². The Morgan fingerprint density at radius 2 is 1.94 bits per heavy atom. The molecule has 0 spiro atoms. The van der Waals surface area contributed by atoms with Crippen LogP contribution in [0, 0.1) is 5.82 Å². The zero-order chi connectivity index (χ0) is 12.3. The van der Waals surface area contributed by atoms with Crippen molar-refractivity contribution in [1.82, 2.24) is 4.98 Å². The molecule has 1 aromatic heterocycles. The highest BCUT2D eigenvalue weighted by Crippen LogP contribution is 2.18. The lowest BCUT2D eigenvalue weighted by Crippen LogP contribution is -2.13. The Bertz CT molecular complexity index is 499. The Hall–Kier alpha value is -1.26. The van der Waals surface area contributed by atoms with Crippen LogP contribution in [0.1, 0.15) is 17.2 Å². The lowest BCUT2D eigenvalue weighted by Gasteiger charge is -2.11. The summed E-state index contributed by atoms with van der Waals surface area (Å²) in [5.74, 6) is -0.230. The molecule has 2 aromatic rings. The second kappa shape index (κ2) is 5.38. The van der Waals surface area contributed by atoms with Crippen LogP contribution >= 0.6 is 15.9 Å². The molecular formula is C13H12BrFN2. The number of hydrogen-bond acceptors (Lipinski definition) is 2. The highest BCUT2D eigenvalue weighted by molar-refractivity contribution is 9.10. The zero-order valence-electron chi connectivity index (χ0n) is 9.11. The summed E-state index contributed by atoms with van der Waals surface area (Å²) in [6, 6.07) is 8.20. The fourth-order valence-corrected chi connectivity index (χ4v) is 2.01. The first-order valence-electron chi connectivity index (χ1n) is 5.25. The molecule has 1 aromatic carbocycles. The Morgan fingerprint density at radius 3 is 2.59 bits per heavy atom. The van der Waals surface area contributed by atoms with Crippen LogP contribution in [0.5, 0.6) is 0 Å². The van der Waals surface area contributed by atoms with Gasteiger partial charge in [-0.2, -0.15) is 0 Å². The van der Waals surface area contributed by atoms with Gasteiger partial charge in [-0.1, -0.05) is 12.1 Å². The molecule has 0 aliphatic heterocycles. The predicted octanol–water partition coefficient (Wildman–Crippen LogP) is 3.23. The van der Waals surface area contributed by atoms with Gasteiger partial charge in [0, 0.05) is 22.9 Å². The molecule has 4 heteroatoms. The number of aromatic nitrogens is 1. The molecule has 88 valence electrons. The van der Waals surface area contributed by atoms with E-state index in [1.54, 1.807) is 24.5 Å². The average Bonchev–Trinajstić information content (AvgIpc) is 2.32. The standard InChI is InChI=1S/C13H12BrFN2/c14-11-6-10(7-17-8-11)13(16)5-9-1-3-12(15)4-2-9/h1-4,6-8,13H,5,16H2. The van der Waals surface area contributed by atoms with Gasteiger partial charge in [0.25, 0.3) is 0 Å². The van der Waals surface area contributed by atoms with Crippen molar-refractivity contribution in [3.8, 4) is 0 Å². The largest absolute Gasteiger partial charge is 0.324 e. The number of pyridine rings is 1. The van der Waals surface area contributed by atoms with Crippen LogP contribution < -0.4 is 5.73 Å². The van der Waals surface area contributed by atoms with Gasteiger partial charge in [-0.05, 0) is 51.7 Å². The van der Waals surface area contributed by atoms with Gasteiger partial charge in [-0.3, -0.25) is 4.98 Å². The summed E-state index contributed by atoms with van der Waals surface area (Å²) in [5.41, 5.74) is 8.05. The minimum Gasteiger partial charge on any atom is -0.324 e. The lowest BCUT2D eigenvalue weighted by molar-refractivity contribution is 0.625. The molecule has 0 saturated heterocycles. The van der Waals surface area contributed by atoms with Crippen molar-refractivity contribution in [2.45, 2.75) is 12.5 Å². The van der Waals surface area contributed by atoms with Gasteiger partial charge in [-0.15, -0.1) is 0 Å². The van der Waals surface area contributed by atoms with Crippen LogP contribution in [0.4, 0.5) is 4.39 Å². The molecule has 1 heterocycles. The Labute approximate surface area is 108 Å². The third-order valence-electron chi connectivity index (χ3n) is 2.52. The van der Waals surface area contributed by atoms with Gasteiger partial charge in [0.15, 0.2) is 0 Å². The van der Waals surface area contributed by atoms with E-state index in [0.717, 1.165) is 15.6 Å². The number of halogens is 2. The summed E-state index contributed by atoms with van der Waals surface area (Å²) in [4.78, 5) is 4.07. The maximum atomic E-state index is 12.8. The van der Waals surface area contributed by atoms with Gasteiger partial charge in [0.05, 0.1) is 0 Å². The van der Waals surface area contributed by atoms with Crippen LogP contribution in [0.15, 0.2) is 47.2 Å². The summed E-state index contributed by atoms with van der Waals surface area (Å²) in [6.07, 6.45) is 4.13. The van der Waals surface area contributed by atoms with Gasteiger partial charge < -0.3 is 5.73 Å². The van der Waals surface area contributed by atoms with Gasteiger partial charge in [0.1, 0.15) is 5.82 Å². The van der Waals surface area contributed by atoms with Crippen LogP contribution in [0.2, 0.25) is 0 Å². The van der Waals surface area contributed by atoms with E-state index < -0.39 is 0 Å². The van der Waals surface area contributed by atoms with E-state index in [0.29, 0.717) is 6.42 Å². The summed E-state index contributed by atoms with van der Waals surface area (Å²) >= 11 is 3.36. The first-order valence-corrected chi connectivity index (χ1v) is 6.05. The first kappa shape index (κ1) is 12.2. The monoisotopic (exact) mass is 294 g/mol. The summed E-state index contributed by atoms with van der Waals surface area (Å²) in [7, 11) is 0. The quantitative estimate of drug-likeness (QED) is 0.944. The van der Waals surface area contributed by atoms with E-state index >= 15 is 0 Å². The molecule has 1 atom stereocenters. The minimum atomic E-state index is -0.230. The summed E-state index contributed by atoms with van der Waals surface area (Å²) in [5, 5.41) is 0. The molecule has 2 rings (SSSR count). The fraction of sp³-hybridized carbons (Fsp3) is 0.154. The van der Waals surface area contributed by atoms with Crippen molar-refractivity contribution in [3.63, 3.8) is 0 Å². The molecule has 2 nitrogen and oxygen atoms in total. The van der Waals surface area contributed by atoms with E-state index in [2.05, 4.69) is 20.9 Å². The van der Waals surface area contributed by atoms with E-state index in [9.17, 15) is 4.39 Å². The number of hydrogen-bond donors (Lipinski definition) is 1. The molecule has 17 heavy (non-hydrogen) atoms. The molecule has 0 saturated carbocycles. The molecule has 0 aliphatic carbocycles. The fourth-order valence-electron chi connectivity index (χ4n) is 1.62. The van der Waals surface area contributed by atoms with Crippen molar-refractivity contribution >= 4 is 15.9 Å². The second-order valence-corrected chi connectivity index (χ2v) is 4.79. The summed E-state index contributed by atoms with van der Waals surface area (Å²) < 4.78 is 13.7. The Morgan fingerprint density at radius 1 is 1.24 bits per heavy atom.